The van der Waals surface area contributed by atoms with Crippen LogP contribution in [0.4, 0.5) is 0 Å². The molecule has 1 aromatic rings. The smallest absolute Gasteiger partial charge is 0.118 e. The first-order valence-electron chi connectivity index (χ1n) is 6.53. The predicted molar refractivity (Wildman–Crippen MR) is 76.6 cm³/mol. The molecule has 0 bridgehead atoms. The SMILES string of the molecule is CC.CO/N=C1\C2=C(CCC=C2)c2ccccc21. The number of nitrogens with zero attached hydrogens (tertiary/aromatic N) is 1. The third-order valence-electron chi connectivity index (χ3n) is 3.12. The van der Waals surface area contributed by atoms with Crippen LogP contribution >= 0.6 is 0 Å². The Balaban J connectivity index is 0.000000574. The second-order valence-corrected chi connectivity index (χ2v) is 4.00. The molecule has 0 aliphatic heterocycles. The molecule has 0 fully saturated rings. The molecule has 2 aliphatic carbocycles. The van der Waals surface area contributed by atoms with Gasteiger partial charge in [0, 0.05) is 11.1 Å². The second kappa shape index (κ2) is 5.67. The summed E-state index contributed by atoms with van der Waals surface area (Å²) < 4.78 is 0. The number of allylic oxidation sites excluding steroid dienone is 4. The van der Waals surface area contributed by atoms with Gasteiger partial charge in [0.05, 0.1) is 0 Å². The average Bonchev–Trinajstić information content (AvgIpc) is 2.77. The van der Waals surface area contributed by atoms with Crippen molar-refractivity contribution in [3.8, 4) is 0 Å². The number of hydrogen-bond acceptors (Lipinski definition) is 2. The molecular weight excluding hydrogens is 222 g/mol. The lowest BCUT2D eigenvalue weighted by atomic mass is 9.97. The highest BCUT2D eigenvalue weighted by molar-refractivity contribution is 6.25. The highest BCUT2D eigenvalue weighted by Gasteiger charge is 2.27. The first kappa shape index (κ1) is 12.6. The van der Waals surface area contributed by atoms with Crippen molar-refractivity contribution in [1.29, 1.82) is 0 Å². The van der Waals surface area contributed by atoms with E-state index in [0.717, 1.165) is 18.6 Å². The van der Waals surface area contributed by atoms with E-state index in [1.807, 2.05) is 19.9 Å². The summed E-state index contributed by atoms with van der Waals surface area (Å²) in [6.45, 7) is 4.00. The Morgan fingerprint density at radius 1 is 1.11 bits per heavy atom. The zero-order chi connectivity index (χ0) is 13.0. The average molecular weight is 241 g/mol. The molecule has 2 aliphatic rings. The van der Waals surface area contributed by atoms with Crippen molar-refractivity contribution in [2.75, 3.05) is 7.11 Å². The number of benzene rings is 1. The normalized spacial score (nSPS) is 18.1. The molecule has 2 nitrogen and oxygen atoms in total. The van der Waals surface area contributed by atoms with Gasteiger partial charge in [0.1, 0.15) is 12.8 Å². The van der Waals surface area contributed by atoms with Crippen molar-refractivity contribution in [3.63, 3.8) is 0 Å². The molecular formula is C16H19NO. The van der Waals surface area contributed by atoms with Gasteiger partial charge in [-0.2, -0.15) is 0 Å². The van der Waals surface area contributed by atoms with Crippen molar-refractivity contribution in [1.82, 2.24) is 0 Å². The Labute approximate surface area is 109 Å². The standard InChI is InChI=1S/C14H13NO.C2H6/c1-16-15-14-12-8-4-2-6-10(12)11-7-3-5-9-13(11)14;1-2/h2,4-6,8-9H,3,7H2,1H3;1-2H3/b15-14-;. The zero-order valence-electron chi connectivity index (χ0n) is 11.2. The number of rotatable bonds is 1. The summed E-state index contributed by atoms with van der Waals surface area (Å²) >= 11 is 0. The van der Waals surface area contributed by atoms with E-state index in [1.165, 1.54) is 22.3 Å². The van der Waals surface area contributed by atoms with E-state index >= 15 is 0 Å². The summed E-state index contributed by atoms with van der Waals surface area (Å²) in [7, 11) is 1.60. The van der Waals surface area contributed by atoms with E-state index < -0.39 is 0 Å². The molecule has 0 saturated carbocycles. The summed E-state index contributed by atoms with van der Waals surface area (Å²) in [5, 5.41) is 4.16. The van der Waals surface area contributed by atoms with Gasteiger partial charge < -0.3 is 4.84 Å². The van der Waals surface area contributed by atoms with Crippen LogP contribution in [0.2, 0.25) is 0 Å². The summed E-state index contributed by atoms with van der Waals surface area (Å²) in [6, 6.07) is 8.41. The molecule has 0 atom stereocenters. The van der Waals surface area contributed by atoms with Gasteiger partial charge in [0.2, 0.25) is 0 Å². The third-order valence-corrected chi connectivity index (χ3v) is 3.12. The van der Waals surface area contributed by atoms with Crippen LogP contribution in [-0.4, -0.2) is 12.8 Å². The van der Waals surface area contributed by atoms with Crippen LogP contribution in [0.5, 0.6) is 0 Å². The minimum absolute atomic E-state index is 0.976. The van der Waals surface area contributed by atoms with Gasteiger partial charge in [-0.3, -0.25) is 0 Å². The second-order valence-electron chi connectivity index (χ2n) is 4.00. The Morgan fingerprint density at radius 2 is 1.83 bits per heavy atom. The van der Waals surface area contributed by atoms with Gasteiger partial charge in [-0.15, -0.1) is 0 Å². The highest BCUT2D eigenvalue weighted by atomic mass is 16.6. The van der Waals surface area contributed by atoms with E-state index in [-0.39, 0.29) is 0 Å². The van der Waals surface area contributed by atoms with Crippen LogP contribution in [-0.2, 0) is 4.84 Å². The van der Waals surface area contributed by atoms with Gasteiger partial charge in [0.15, 0.2) is 0 Å². The van der Waals surface area contributed by atoms with Gasteiger partial charge in [0.25, 0.3) is 0 Å². The molecule has 0 saturated heterocycles. The maximum absolute atomic E-state index is 4.95. The van der Waals surface area contributed by atoms with Crippen molar-refractivity contribution < 1.29 is 4.84 Å². The number of fused-ring (bicyclic) bond motifs is 2. The summed E-state index contributed by atoms with van der Waals surface area (Å²) in [6.07, 6.45) is 6.59. The van der Waals surface area contributed by atoms with Crippen LogP contribution in [0.3, 0.4) is 0 Å². The molecule has 0 unspecified atom stereocenters. The molecule has 0 amide bonds. The first-order chi connectivity index (χ1) is 8.92. The molecule has 0 heterocycles. The first-order valence-corrected chi connectivity index (χ1v) is 6.53. The molecule has 0 aromatic heterocycles. The minimum atomic E-state index is 0.976. The molecule has 2 heteroatoms. The fourth-order valence-corrected chi connectivity index (χ4v) is 2.45. The predicted octanol–water partition coefficient (Wildman–Crippen LogP) is 4.18. The quantitative estimate of drug-likeness (QED) is 0.676. The summed E-state index contributed by atoms with van der Waals surface area (Å²) in [5.41, 5.74) is 6.13. The monoisotopic (exact) mass is 241 g/mol. The van der Waals surface area contributed by atoms with E-state index in [2.05, 4.69) is 35.5 Å². The van der Waals surface area contributed by atoms with Crippen LogP contribution in [0, 0.1) is 0 Å². The lowest BCUT2D eigenvalue weighted by Gasteiger charge is -2.08. The van der Waals surface area contributed by atoms with Crippen LogP contribution < -0.4 is 0 Å². The molecule has 3 rings (SSSR count). The van der Waals surface area contributed by atoms with Crippen molar-refractivity contribution in [2.24, 2.45) is 5.16 Å². The fraction of sp³-hybridized carbons (Fsp3) is 0.312. The maximum Gasteiger partial charge on any atom is 0.118 e. The van der Waals surface area contributed by atoms with Crippen molar-refractivity contribution in [2.45, 2.75) is 26.7 Å². The Morgan fingerprint density at radius 3 is 2.56 bits per heavy atom. The maximum atomic E-state index is 4.95. The molecule has 18 heavy (non-hydrogen) atoms. The van der Waals surface area contributed by atoms with Gasteiger partial charge in [-0.25, -0.2) is 0 Å². The third kappa shape index (κ3) is 1.99. The molecule has 0 radical (unpaired) electrons. The topological polar surface area (TPSA) is 21.6 Å². The molecule has 94 valence electrons. The Bertz CT molecular complexity index is 524. The molecule has 0 spiro atoms. The Hall–Kier alpha value is -1.83. The van der Waals surface area contributed by atoms with E-state index in [9.17, 15) is 0 Å². The zero-order valence-corrected chi connectivity index (χ0v) is 11.2. The summed E-state index contributed by atoms with van der Waals surface area (Å²) in [4.78, 5) is 4.95. The van der Waals surface area contributed by atoms with Crippen molar-refractivity contribution >= 4 is 11.3 Å². The lowest BCUT2D eigenvalue weighted by Crippen LogP contribution is -2.00. The van der Waals surface area contributed by atoms with E-state index in [0.29, 0.717) is 0 Å². The van der Waals surface area contributed by atoms with Gasteiger partial charge in [-0.1, -0.05) is 55.4 Å². The molecule has 1 aromatic carbocycles. The lowest BCUT2D eigenvalue weighted by molar-refractivity contribution is 0.214. The summed E-state index contributed by atoms with van der Waals surface area (Å²) in [5.74, 6) is 0. The van der Waals surface area contributed by atoms with Gasteiger partial charge >= 0.3 is 0 Å². The van der Waals surface area contributed by atoms with E-state index in [1.54, 1.807) is 7.11 Å². The van der Waals surface area contributed by atoms with Crippen molar-refractivity contribution in [3.05, 3.63) is 53.1 Å². The largest absolute Gasteiger partial charge is 0.399 e. The highest BCUT2D eigenvalue weighted by Crippen LogP contribution is 2.38. The molecule has 0 N–H and O–H groups in total. The number of oxime groups is 1. The Kier molecular flexibility index (Phi) is 3.98. The van der Waals surface area contributed by atoms with Crippen LogP contribution in [0.1, 0.15) is 37.8 Å². The van der Waals surface area contributed by atoms with Crippen LogP contribution in [0.15, 0.2) is 47.1 Å². The number of hydrogen-bond donors (Lipinski definition) is 0. The van der Waals surface area contributed by atoms with Gasteiger partial charge in [-0.05, 0) is 24.0 Å². The fourth-order valence-electron chi connectivity index (χ4n) is 2.45. The minimum Gasteiger partial charge on any atom is -0.399 e. The van der Waals surface area contributed by atoms with Crippen LogP contribution in [0.25, 0.3) is 5.57 Å². The van der Waals surface area contributed by atoms with E-state index in [4.69, 9.17) is 4.84 Å².